The topological polar surface area (TPSA) is 57.6 Å². The molecule has 22 heavy (non-hydrogen) atoms. The Hall–Kier alpha value is -1.92. The van der Waals surface area contributed by atoms with Crippen LogP contribution in [0.15, 0.2) is 47.4 Å². The van der Waals surface area contributed by atoms with Crippen LogP contribution in [0.5, 0.6) is 0 Å². The van der Waals surface area contributed by atoms with Crippen LogP contribution in [0, 0.1) is 0 Å². The Bertz CT molecular complexity index is 638. The van der Waals surface area contributed by atoms with E-state index >= 15 is 0 Å². The lowest BCUT2D eigenvalue weighted by atomic mass is 10.2. The van der Waals surface area contributed by atoms with Crippen molar-refractivity contribution >= 4 is 46.3 Å². The molecule has 4 nitrogen and oxygen atoms in total. The first-order chi connectivity index (χ1) is 10.6. The summed E-state index contributed by atoms with van der Waals surface area (Å²) in [6, 6.07) is 9.78. The molecule has 1 amide bonds. The van der Waals surface area contributed by atoms with Crippen LogP contribution in [0.2, 0.25) is 0 Å². The molecule has 2 rings (SSSR count). The van der Waals surface area contributed by atoms with Gasteiger partial charge in [0.1, 0.15) is 4.32 Å². The Balaban J connectivity index is 1.97. The van der Waals surface area contributed by atoms with Gasteiger partial charge in [0, 0.05) is 13.0 Å². The average molecular weight is 333 g/mol. The number of aliphatic carboxylic acids is 1. The summed E-state index contributed by atoms with van der Waals surface area (Å²) >= 11 is 6.42. The van der Waals surface area contributed by atoms with Crippen molar-refractivity contribution in [3.05, 3.63) is 53.0 Å². The number of carboxylic acid groups (broad SMARTS) is 1. The number of allylic oxidation sites excluding steroid dienone is 2. The Kier molecular flexibility index (Phi) is 5.91. The van der Waals surface area contributed by atoms with Crippen molar-refractivity contribution in [3.63, 3.8) is 0 Å². The normalized spacial score (nSPS) is 16.9. The molecule has 6 heteroatoms. The first-order valence-corrected chi connectivity index (χ1v) is 7.99. The predicted octanol–water partition coefficient (Wildman–Crippen LogP) is 3.31. The molecule has 0 spiro atoms. The third-order valence-corrected chi connectivity index (χ3v) is 4.38. The number of hydrogen-bond acceptors (Lipinski definition) is 4. The van der Waals surface area contributed by atoms with E-state index in [-0.39, 0.29) is 12.3 Å². The number of thioether (sulfide) groups is 1. The van der Waals surface area contributed by atoms with Crippen molar-refractivity contribution in [1.29, 1.82) is 0 Å². The number of benzene rings is 1. The van der Waals surface area contributed by atoms with Crippen molar-refractivity contribution in [2.24, 2.45) is 0 Å². The zero-order valence-electron chi connectivity index (χ0n) is 11.8. The summed E-state index contributed by atoms with van der Waals surface area (Å²) in [6.45, 7) is 0.344. The fraction of sp³-hybridized carbons (Fsp3) is 0.188. The van der Waals surface area contributed by atoms with E-state index in [0.717, 1.165) is 5.56 Å². The molecule has 1 N–H and O–H groups in total. The fourth-order valence-corrected chi connectivity index (χ4v) is 3.17. The lowest BCUT2D eigenvalue weighted by Crippen LogP contribution is -2.29. The second-order valence-corrected chi connectivity index (χ2v) is 6.30. The van der Waals surface area contributed by atoms with E-state index in [1.807, 2.05) is 42.5 Å². The highest BCUT2D eigenvalue weighted by atomic mass is 32.2. The van der Waals surface area contributed by atoms with Gasteiger partial charge in [-0.25, -0.2) is 0 Å². The Morgan fingerprint density at radius 2 is 2.05 bits per heavy atom. The molecule has 0 atom stereocenters. The van der Waals surface area contributed by atoms with Crippen LogP contribution in [0.1, 0.15) is 18.4 Å². The van der Waals surface area contributed by atoms with Gasteiger partial charge in [-0.05, 0) is 18.1 Å². The maximum absolute atomic E-state index is 12.2. The number of carboxylic acids is 1. The fourth-order valence-electron chi connectivity index (χ4n) is 1.91. The maximum Gasteiger partial charge on any atom is 0.303 e. The van der Waals surface area contributed by atoms with Gasteiger partial charge >= 0.3 is 5.97 Å². The lowest BCUT2D eigenvalue weighted by Gasteiger charge is -2.12. The van der Waals surface area contributed by atoms with E-state index in [1.54, 1.807) is 6.08 Å². The standard InChI is InChI=1S/C16H15NO3S2/c18-14(19)10-5-11-17-15(20)13(22-16(17)21)9-4-8-12-6-2-1-3-7-12/h1-4,6-9H,5,10-11H2,(H,18,19)/b8-4+,13-9+. The van der Waals surface area contributed by atoms with Gasteiger partial charge in [-0.3, -0.25) is 14.5 Å². The minimum atomic E-state index is -0.869. The number of thiocarbonyl (C=S) groups is 1. The molecule has 0 aromatic heterocycles. The molecule has 0 bridgehead atoms. The summed E-state index contributed by atoms with van der Waals surface area (Å²) in [7, 11) is 0. The Morgan fingerprint density at radius 1 is 1.32 bits per heavy atom. The summed E-state index contributed by atoms with van der Waals surface area (Å²) in [5.74, 6) is -1.02. The number of rotatable bonds is 6. The number of nitrogens with zero attached hydrogens (tertiary/aromatic N) is 1. The molecule has 1 aromatic carbocycles. The highest BCUT2D eigenvalue weighted by molar-refractivity contribution is 8.26. The van der Waals surface area contributed by atoms with Crippen molar-refractivity contribution in [2.75, 3.05) is 6.54 Å². The van der Waals surface area contributed by atoms with Crippen molar-refractivity contribution < 1.29 is 14.7 Å². The van der Waals surface area contributed by atoms with Gasteiger partial charge in [0.25, 0.3) is 5.91 Å². The first kappa shape index (κ1) is 16.5. The molecule has 114 valence electrons. The summed E-state index contributed by atoms with van der Waals surface area (Å²) < 4.78 is 0.481. The van der Waals surface area contributed by atoms with E-state index in [4.69, 9.17) is 17.3 Å². The van der Waals surface area contributed by atoms with Crippen LogP contribution in [-0.2, 0) is 9.59 Å². The van der Waals surface area contributed by atoms with Gasteiger partial charge in [0.05, 0.1) is 4.91 Å². The van der Waals surface area contributed by atoms with Gasteiger partial charge in [0.15, 0.2) is 0 Å². The van der Waals surface area contributed by atoms with E-state index in [0.29, 0.717) is 22.2 Å². The van der Waals surface area contributed by atoms with Crippen LogP contribution < -0.4 is 0 Å². The minimum absolute atomic E-state index is 0.0318. The molecule has 0 aliphatic carbocycles. The number of carbonyl (C=O) groups excluding carboxylic acids is 1. The summed E-state index contributed by atoms with van der Waals surface area (Å²) in [5.41, 5.74) is 1.05. The highest BCUT2D eigenvalue weighted by Crippen LogP contribution is 2.31. The Labute approximate surface area is 138 Å². The predicted molar refractivity (Wildman–Crippen MR) is 92.3 cm³/mol. The van der Waals surface area contributed by atoms with E-state index < -0.39 is 5.97 Å². The number of amides is 1. The minimum Gasteiger partial charge on any atom is -0.481 e. The van der Waals surface area contributed by atoms with E-state index in [9.17, 15) is 9.59 Å². The zero-order chi connectivity index (χ0) is 15.9. The molecular formula is C16H15NO3S2. The molecular weight excluding hydrogens is 318 g/mol. The second-order valence-electron chi connectivity index (χ2n) is 4.62. The van der Waals surface area contributed by atoms with Crippen molar-refractivity contribution in [1.82, 2.24) is 4.90 Å². The lowest BCUT2D eigenvalue weighted by molar-refractivity contribution is -0.137. The van der Waals surface area contributed by atoms with E-state index in [2.05, 4.69) is 0 Å². The summed E-state index contributed by atoms with van der Waals surface area (Å²) in [6.07, 6.45) is 5.90. The zero-order valence-corrected chi connectivity index (χ0v) is 13.4. The summed E-state index contributed by atoms with van der Waals surface area (Å²) in [5, 5.41) is 8.63. The van der Waals surface area contributed by atoms with Gasteiger partial charge in [0.2, 0.25) is 0 Å². The van der Waals surface area contributed by atoms with Crippen LogP contribution in [0.3, 0.4) is 0 Å². The highest BCUT2D eigenvalue weighted by Gasteiger charge is 2.31. The molecule has 0 radical (unpaired) electrons. The van der Waals surface area contributed by atoms with Crippen molar-refractivity contribution in [2.45, 2.75) is 12.8 Å². The maximum atomic E-state index is 12.2. The summed E-state index contributed by atoms with van der Waals surface area (Å²) in [4.78, 5) is 24.7. The first-order valence-electron chi connectivity index (χ1n) is 6.77. The van der Waals surface area contributed by atoms with Gasteiger partial charge < -0.3 is 5.11 Å². The number of carbonyl (C=O) groups is 2. The second kappa shape index (κ2) is 7.91. The van der Waals surface area contributed by atoms with Gasteiger partial charge in [-0.1, -0.05) is 66.5 Å². The number of hydrogen-bond donors (Lipinski definition) is 1. The van der Waals surface area contributed by atoms with Gasteiger partial charge in [-0.15, -0.1) is 0 Å². The average Bonchev–Trinajstić information content (AvgIpc) is 2.76. The molecule has 1 fully saturated rings. The quantitative estimate of drug-likeness (QED) is 0.639. The molecule has 1 aliphatic heterocycles. The molecule has 1 aromatic rings. The molecule has 1 aliphatic rings. The third kappa shape index (κ3) is 4.54. The van der Waals surface area contributed by atoms with Crippen LogP contribution in [0.25, 0.3) is 6.08 Å². The smallest absolute Gasteiger partial charge is 0.303 e. The van der Waals surface area contributed by atoms with Crippen LogP contribution in [0.4, 0.5) is 0 Å². The van der Waals surface area contributed by atoms with Gasteiger partial charge in [-0.2, -0.15) is 0 Å². The largest absolute Gasteiger partial charge is 0.481 e. The van der Waals surface area contributed by atoms with Crippen molar-refractivity contribution in [3.8, 4) is 0 Å². The Morgan fingerprint density at radius 3 is 2.73 bits per heavy atom. The third-order valence-electron chi connectivity index (χ3n) is 2.98. The molecule has 0 saturated carbocycles. The van der Waals surface area contributed by atoms with Crippen LogP contribution >= 0.6 is 24.0 Å². The SMILES string of the molecule is O=C(O)CCCN1C(=O)/C(=C\C=C\c2ccccc2)SC1=S. The molecule has 0 unspecified atom stereocenters. The molecule has 1 saturated heterocycles. The monoisotopic (exact) mass is 333 g/mol. The van der Waals surface area contributed by atoms with E-state index in [1.165, 1.54) is 16.7 Å². The molecule has 1 heterocycles. The van der Waals surface area contributed by atoms with Crippen LogP contribution in [-0.4, -0.2) is 32.7 Å².